The second-order valence-electron chi connectivity index (χ2n) is 7.72. The van der Waals surface area contributed by atoms with E-state index in [1.165, 1.54) is 109 Å². The fraction of sp³-hybridized carbons (Fsp3) is 0.800. The highest BCUT2D eigenvalue weighted by molar-refractivity contribution is 5.81. The molecule has 0 N–H and O–H groups in total. The smallest absolute Gasteiger partial charge is 0.330 e. The summed E-state index contributed by atoms with van der Waals surface area (Å²) in [5.74, 6) is -0.302. The van der Waals surface area contributed by atoms with Gasteiger partial charge in [-0.15, -0.1) is 0 Å². The van der Waals surface area contributed by atoms with Crippen molar-refractivity contribution in [3.8, 4) is 0 Å². The maximum atomic E-state index is 10.9. The van der Waals surface area contributed by atoms with Gasteiger partial charge in [0.15, 0.2) is 0 Å². The molecule has 0 bridgehead atoms. The summed E-state index contributed by atoms with van der Waals surface area (Å²) in [5, 5.41) is 0. The zero-order valence-electron chi connectivity index (χ0n) is 18.2. The lowest BCUT2D eigenvalue weighted by Crippen LogP contribution is -2.01. The number of ether oxygens (including phenoxy) is 1. The Bertz CT molecular complexity index is 346. The summed E-state index contributed by atoms with van der Waals surface area (Å²) in [6.45, 7) is 6.20. The van der Waals surface area contributed by atoms with Gasteiger partial charge in [0.2, 0.25) is 0 Å². The molecule has 0 amide bonds. The fourth-order valence-corrected chi connectivity index (χ4v) is 3.29. The molecule has 0 aliphatic carbocycles. The second kappa shape index (κ2) is 23.0. The molecule has 0 aromatic rings. The SMILES string of the molecule is C=CC(=O)OCCCCCCCCCCCCCC/C=C/CCCCCC. The molecular weight excluding hydrogens is 332 g/mol. The maximum absolute atomic E-state index is 10.9. The third kappa shape index (κ3) is 22.9. The molecule has 27 heavy (non-hydrogen) atoms. The molecule has 158 valence electrons. The summed E-state index contributed by atoms with van der Waals surface area (Å²) in [5.41, 5.74) is 0. The van der Waals surface area contributed by atoms with Gasteiger partial charge >= 0.3 is 5.97 Å². The predicted octanol–water partition coefficient (Wildman–Crippen LogP) is 8.31. The van der Waals surface area contributed by atoms with Crippen molar-refractivity contribution in [2.45, 2.75) is 122 Å². The molecule has 0 radical (unpaired) electrons. The van der Waals surface area contributed by atoms with Gasteiger partial charge in [0.25, 0.3) is 0 Å². The molecule has 0 aromatic heterocycles. The molecule has 0 heterocycles. The van der Waals surface area contributed by atoms with Crippen molar-refractivity contribution in [2.75, 3.05) is 6.61 Å². The third-order valence-corrected chi connectivity index (χ3v) is 5.07. The number of esters is 1. The van der Waals surface area contributed by atoms with Crippen LogP contribution >= 0.6 is 0 Å². The number of hydrogen-bond donors (Lipinski definition) is 0. The Hall–Kier alpha value is -1.05. The van der Waals surface area contributed by atoms with E-state index in [2.05, 4.69) is 25.7 Å². The normalized spacial score (nSPS) is 11.1. The molecule has 0 aromatic carbocycles. The van der Waals surface area contributed by atoms with Gasteiger partial charge in [-0.1, -0.05) is 109 Å². The first-order valence-corrected chi connectivity index (χ1v) is 11.8. The van der Waals surface area contributed by atoms with E-state index in [1.54, 1.807) is 0 Å². The van der Waals surface area contributed by atoms with Gasteiger partial charge < -0.3 is 4.74 Å². The standard InChI is InChI=1S/C25H46O2/c1-3-5-6-7-8-9-10-11-12-13-14-15-16-17-18-19-20-21-22-23-24-27-25(26)4-2/h4,9-10H,2-3,5-8,11-24H2,1H3/b10-9+. The van der Waals surface area contributed by atoms with Gasteiger partial charge in [0, 0.05) is 6.08 Å². The van der Waals surface area contributed by atoms with Crippen molar-refractivity contribution < 1.29 is 9.53 Å². The Morgan fingerprint density at radius 1 is 0.667 bits per heavy atom. The Morgan fingerprint density at radius 3 is 1.52 bits per heavy atom. The quantitative estimate of drug-likeness (QED) is 0.0868. The van der Waals surface area contributed by atoms with Crippen LogP contribution in [0.2, 0.25) is 0 Å². The molecule has 0 aliphatic rings. The van der Waals surface area contributed by atoms with Crippen LogP contribution in [0.5, 0.6) is 0 Å². The maximum Gasteiger partial charge on any atom is 0.330 e. The van der Waals surface area contributed by atoms with Gasteiger partial charge in [-0.3, -0.25) is 0 Å². The lowest BCUT2D eigenvalue weighted by molar-refractivity contribution is -0.137. The van der Waals surface area contributed by atoms with Crippen LogP contribution in [-0.4, -0.2) is 12.6 Å². The van der Waals surface area contributed by atoms with Gasteiger partial charge in [0.05, 0.1) is 6.61 Å². The summed E-state index contributed by atoms with van der Waals surface area (Å²) in [7, 11) is 0. The van der Waals surface area contributed by atoms with E-state index in [0.717, 1.165) is 12.8 Å². The molecule has 0 spiro atoms. The van der Waals surface area contributed by atoms with E-state index in [-0.39, 0.29) is 5.97 Å². The van der Waals surface area contributed by atoms with Gasteiger partial charge in [-0.2, -0.15) is 0 Å². The van der Waals surface area contributed by atoms with Crippen LogP contribution in [-0.2, 0) is 9.53 Å². The number of rotatable bonds is 21. The fourth-order valence-electron chi connectivity index (χ4n) is 3.29. The Morgan fingerprint density at radius 2 is 1.07 bits per heavy atom. The van der Waals surface area contributed by atoms with Crippen LogP contribution in [0.25, 0.3) is 0 Å². The number of carbonyl (C=O) groups is 1. The Labute approximate surface area is 169 Å². The van der Waals surface area contributed by atoms with E-state index < -0.39 is 0 Å². The van der Waals surface area contributed by atoms with E-state index >= 15 is 0 Å². The van der Waals surface area contributed by atoms with Crippen LogP contribution in [0, 0.1) is 0 Å². The third-order valence-electron chi connectivity index (χ3n) is 5.07. The second-order valence-corrected chi connectivity index (χ2v) is 7.72. The van der Waals surface area contributed by atoms with E-state index in [1.807, 2.05) is 0 Å². The molecule has 0 aliphatic heterocycles. The highest BCUT2D eigenvalue weighted by Gasteiger charge is 1.96. The largest absolute Gasteiger partial charge is 0.463 e. The van der Waals surface area contributed by atoms with Crippen molar-refractivity contribution in [3.63, 3.8) is 0 Å². The molecule has 2 nitrogen and oxygen atoms in total. The monoisotopic (exact) mass is 378 g/mol. The van der Waals surface area contributed by atoms with Crippen LogP contribution in [0.3, 0.4) is 0 Å². The van der Waals surface area contributed by atoms with Crippen LogP contribution in [0.4, 0.5) is 0 Å². The molecule has 0 saturated carbocycles. The first-order chi connectivity index (χ1) is 13.3. The highest BCUT2D eigenvalue weighted by Crippen LogP contribution is 2.13. The van der Waals surface area contributed by atoms with E-state index in [4.69, 9.17) is 4.74 Å². The van der Waals surface area contributed by atoms with Gasteiger partial charge in [-0.25, -0.2) is 4.79 Å². The molecule has 0 unspecified atom stereocenters. The highest BCUT2D eigenvalue weighted by atomic mass is 16.5. The van der Waals surface area contributed by atoms with Crippen LogP contribution in [0.1, 0.15) is 122 Å². The van der Waals surface area contributed by atoms with Crippen molar-refractivity contribution in [1.29, 1.82) is 0 Å². The first-order valence-electron chi connectivity index (χ1n) is 11.8. The summed E-state index contributed by atoms with van der Waals surface area (Å²) in [6.07, 6.45) is 29.9. The minimum Gasteiger partial charge on any atom is -0.463 e. The van der Waals surface area contributed by atoms with Crippen LogP contribution in [0.15, 0.2) is 24.8 Å². The lowest BCUT2D eigenvalue weighted by atomic mass is 10.0. The number of carbonyl (C=O) groups excluding carboxylic acids is 1. The zero-order valence-corrected chi connectivity index (χ0v) is 18.2. The molecule has 0 rings (SSSR count). The zero-order chi connectivity index (χ0) is 19.8. The summed E-state index contributed by atoms with van der Waals surface area (Å²) in [6, 6.07) is 0. The van der Waals surface area contributed by atoms with Crippen molar-refractivity contribution >= 4 is 5.97 Å². The summed E-state index contributed by atoms with van der Waals surface area (Å²) >= 11 is 0. The minimum absolute atomic E-state index is 0.302. The topological polar surface area (TPSA) is 26.3 Å². The molecule has 0 fully saturated rings. The predicted molar refractivity (Wildman–Crippen MR) is 119 cm³/mol. The lowest BCUT2D eigenvalue weighted by Gasteiger charge is -2.03. The number of allylic oxidation sites excluding steroid dienone is 2. The summed E-state index contributed by atoms with van der Waals surface area (Å²) < 4.78 is 4.97. The molecular formula is C25H46O2. The first kappa shape index (κ1) is 26.0. The molecule has 2 heteroatoms. The summed E-state index contributed by atoms with van der Waals surface area (Å²) in [4.78, 5) is 10.9. The number of unbranched alkanes of at least 4 members (excludes halogenated alkanes) is 16. The average Bonchev–Trinajstić information content (AvgIpc) is 2.68. The Balaban J connectivity index is 3.07. The van der Waals surface area contributed by atoms with Crippen molar-refractivity contribution in [1.82, 2.24) is 0 Å². The number of hydrogen-bond acceptors (Lipinski definition) is 2. The average molecular weight is 379 g/mol. The van der Waals surface area contributed by atoms with Gasteiger partial charge in [0.1, 0.15) is 0 Å². The minimum atomic E-state index is -0.302. The molecule has 0 atom stereocenters. The van der Waals surface area contributed by atoms with Gasteiger partial charge in [-0.05, 0) is 32.1 Å². The van der Waals surface area contributed by atoms with Crippen molar-refractivity contribution in [3.05, 3.63) is 24.8 Å². The van der Waals surface area contributed by atoms with E-state index in [9.17, 15) is 4.79 Å². The van der Waals surface area contributed by atoms with Crippen LogP contribution < -0.4 is 0 Å². The molecule has 0 saturated heterocycles. The Kier molecular flexibility index (Phi) is 22.1. The van der Waals surface area contributed by atoms with Crippen molar-refractivity contribution in [2.24, 2.45) is 0 Å². The van der Waals surface area contributed by atoms with E-state index in [0.29, 0.717) is 6.61 Å².